The van der Waals surface area contributed by atoms with Crippen molar-refractivity contribution in [1.29, 1.82) is 0 Å². The Hall–Kier alpha value is -6.02. The molecule has 0 saturated carbocycles. The van der Waals surface area contributed by atoms with E-state index < -0.39 is 61.1 Å². The number of methoxy groups -OCH3 is 1. The molecule has 1 fully saturated rings. The van der Waals surface area contributed by atoms with Crippen LogP contribution in [0, 0.1) is 0 Å². The number of hydrogen-bond donors (Lipinski definition) is 0. The van der Waals surface area contributed by atoms with Gasteiger partial charge in [-0.3, -0.25) is 4.57 Å². The molecule has 5 atom stereocenters. The largest absolute Gasteiger partial charge is 0.497 e. The van der Waals surface area contributed by atoms with Crippen LogP contribution in [0.3, 0.4) is 0 Å². The van der Waals surface area contributed by atoms with Gasteiger partial charge in [-0.2, -0.15) is 13.2 Å². The summed E-state index contributed by atoms with van der Waals surface area (Å²) in [5.74, 6) is -2.70. The van der Waals surface area contributed by atoms with Gasteiger partial charge in [0.05, 0.1) is 29.9 Å². The first-order valence-corrected chi connectivity index (χ1v) is 16.1. The molecule has 0 radical (unpaired) electrons. The lowest BCUT2D eigenvalue weighted by molar-refractivity contribution is -0.223. The number of ether oxygens (including phenoxy) is 5. The van der Waals surface area contributed by atoms with Gasteiger partial charge in [-0.05, 0) is 67.6 Å². The first-order chi connectivity index (χ1) is 25.0. The van der Waals surface area contributed by atoms with E-state index in [1.807, 2.05) is 0 Å². The Morgan fingerprint density at radius 1 is 0.673 bits per heavy atom. The van der Waals surface area contributed by atoms with Gasteiger partial charge in [0.1, 0.15) is 12.3 Å². The molecule has 268 valence electrons. The third-order valence-electron chi connectivity index (χ3n) is 8.25. The first-order valence-electron chi connectivity index (χ1n) is 16.1. The van der Waals surface area contributed by atoms with E-state index in [0.717, 1.165) is 4.57 Å². The molecule has 0 bridgehead atoms. The lowest BCUT2D eigenvalue weighted by atomic mass is 9.93. The number of benzene rings is 4. The van der Waals surface area contributed by atoms with Crippen molar-refractivity contribution < 1.29 is 51.2 Å². The van der Waals surface area contributed by atoms with Gasteiger partial charge in [0.15, 0.2) is 36.1 Å². The Morgan fingerprint density at radius 2 is 1.13 bits per heavy atom. The number of halogens is 3. The SMILES string of the molecule is COc1ccc(-c2nnc(C3OC(C)C(OC(=O)c4ccccc4)C(OC(=O)c4ccccc4)C3OC(=O)c3ccccc3)n2CC(F)(F)F)cc1. The molecule has 52 heavy (non-hydrogen) atoms. The van der Waals surface area contributed by atoms with Crippen molar-refractivity contribution in [3.63, 3.8) is 0 Å². The van der Waals surface area contributed by atoms with Gasteiger partial charge in [0.2, 0.25) is 0 Å². The van der Waals surface area contributed by atoms with Crippen LogP contribution in [0.1, 0.15) is 49.9 Å². The maximum absolute atomic E-state index is 14.2. The highest BCUT2D eigenvalue weighted by Gasteiger charge is 2.53. The molecule has 2 heterocycles. The topological polar surface area (TPSA) is 128 Å². The molecule has 4 aromatic carbocycles. The quantitative estimate of drug-likeness (QED) is 0.115. The fourth-order valence-corrected chi connectivity index (χ4v) is 5.76. The third-order valence-corrected chi connectivity index (χ3v) is 8.25. The van der Waals surface area contributed by atoms with Gasteiger partial charge >= 0.3 is 24.1 Å². The fraction of sp³-hybridized carbons (Fsp3) is 0.237. The van der Waals surface area contributed by atoms with Crippen molar-refractivity contribution in [2.45, 2.75) is 50.2 Å². The second kappa shape index (κ2) is 15.5. The molecule has 14 heteroatoms. The van der Waals surface area contributed by atoms with E-state index in [-0.39, 0.29) is 33.9 Å². The molecule has 0 N–H and O–H groups in total. The van der Waals surface area contributed by atoms with Crippen LogP contribution >= 0.6 is 0 Å². The number of nitrogens with zero attached hydrogens (tertiary/aromatic N) is 3. The summed E-state index contributed by atoms with van der Waals surface area (Å²) >= 11 is 0. The Kier molecular flexibility index (Phi) is 10.7. The average molecular weight is 716 g/mol. The lowest BCUT2D eigenvalue weighted by Gasteiger charge is -2.43. The van der Waals surface area contributed by atoms with E-state index in [9.17, 15) is 27.6 Å². The van der Waals surface area contributed by atoms with Gasteiger partial charge in [-0.1, -0.05) is 54.6 Å². The lowest BCUT2D eigenvalue weighted by Crippen LogP contribution is -2.58. The van der Waals surface area contributed by atoms with Crippen LogP contribution in [0.4, 0.5) is 13.2 Å². The molecule has 0 amide bonds. The number of carbonyl (C=O) groups is 3. The number of rotatable bonds is 10. The fourth-order valence-electron chi connectivity index (χ4n) is 5.76. The molecule has 1 saturated heterocycles. The highest BCUT2D eigenvalue weighted by atomic mass is 19.4. The van der Waals surface area contributed by atoms with E-state index in [1.165, 1.54) is 62.6 Å². The van der Waals surface area contributed by atoms with Crippen molar-refractivity contribution in [2.24, 2.45) is 0 Å². The predicted octanol–water partition coefficient (Wildman–Crippen LogP) is 6.65. The van der Waals surface area contributed by atoms with Crippen LogP contribution in [0.5, 0.6) is 5.75 Å². The highest BCUT2D eigenvalue weighted by molar-refractivity contribution is 5.91. The minimum Gasteiger partial charge on any atom is -0.497 e. The van der Waals surface area contributed by atoms with Crippen molar-refractivity contribution in [1.82, 2.24) is 14.8 Å². The van der Waals surface area contributed by atoms with E-state index in [2.05, 4.69) is 10.2 Å². The smallest absolute Gasteiger partial charge is 0.406 e. The maximum atomic E-state index is 14.2. The van der Waals surface area contributed by atoms with E-state index >= 15 is 0 Å². The van der Waals surface area contributed by atoms with Gasteiger partial charge in [0.25, 0.3) is 0 Å². The summed E-state index contributed by atoms with van der Waals surface area (Å²) in [7, 11) is 1.45. The molecule has 11 nitrogen and oxygen atoms in total. The molecular weight excluding hydrogens is 683 g/mol. The molecule has 1 aromatic heterocycles. The standard InChI is InChI=1S/C38H32F3N3O8/c1-23-29(50-35(45)25-12-6-3-7-13-25)30(51-36(46)26-14-8-4-9-15-26)31(52-37(47)27-16-10-5-11-17-27)32(49-23)34-43-42-33(44(34)22-38(39,40)41)24-18-20-28(48-2)21-19-24/h3-21,23,29-32H,22H2,1-2H3. The average Bonchev–Trinajstić information content (AvgIpc) is 3.56. The second-order valence-electron chi connectivity index (χ2n) is 11.8. The van der Waals surface area contributed by atoms with Crippen LogP contribution in [0.15, 0.2) is 115 Å². The minimum absolute atomic E-state index is 0.0847. The first kappa shape index (κ1) is 35.8. The molecule has 0 spiro atoms. The van der Waals surface area contributed by atoms with Crippen molar-refractivity contribution >= 4 is 17.9 Å². The number of aromatic nitrogens is 3. The van der Waals surface area contributed by atoms with E-state index in [1.54, 1.807) is 66.7 Å². The van der Waals surface area contributed by atoms with E-state index in [0.29, 0.717) is 5.75 Å². The summed E-state index contributed by atoms with van der Waals surface area (Å²) in [6, 6.07) is 29.8. The number of hydrogen-bond acceptors (Lipinski definition) is 10. The zero-order chi connectivity index (χ0) is 36.8. The maximum Gasteiger partial charge on any atom is 0.406 e. The van der Waals surface area contributed by atoms with E-state index in [4.69, 9.17) is 23.7 Å². The monoisotopic (exact) mass is 715 g/mol. The second-order valence-corrected chi connectivity index (χ2v) is 11.8. The number of alkyl halides is 3. The Bertz CT molecular complexity index is 1990. The Labute approximate surface area is 295 Å². The van der Waals surface area contributed by atoms with Crippen LogP contribution < -0.4 is 4.74 Å². The van der Waals surface area contributed by atoms with Crippen molar-refractivity contribution in [3.05, 3.63) is 138 Å². The van der Waals surface area contributed by atoms with Gasteiger partial charge in [-0.25, -0.2) is 14.4 Å². The Morgan fingerprint density at radius 3 is 1.60 bits per heavy atom. The number of carbonyl (C=O) groups excluding carboxylic acids is 3. The molecular formula is C38H32F3N3O8. The summed E-state index contributed by atoms with van der Waals surface area (Å²) in [6.07, 6.45) is -12.2. The zero-order valence-electron chi connectivity index (χ0n) is 27.8. The summed E-state index contributed by atoms with van der Waals surface area (Å²) in [5, 5.41) is 8.23. The van der Waals surface area contributed by atoms with Gasteiger partial charge in [-0.15, -0.1) is 10.2 Å². The molecule has 5 aromatic rings. The predicted molar refractivity (Wildman–Crippen MR) is 178 cm³/mol. The van der Waals surface area contributed by atoms with Gasteiger partial charge in [0, 0.05) is 5.56 Å². The van der Waals surface area contributed by atoms with Crippen LogP contribution in [-0.4, -0.2) is 70.4 Å². The van der Waals surface area contributed by atoms with Crippen LogP contribution in [0.25, 0.3) is 11.4 Å². The third kappa shape index (κ3) is 8.13. The summed E-state index contributed by atoms with van der Waals surface area (Å²) in [6.45, 7) is -0.0610. The summed E-state index contributed by atoms with van der Waals surface area (Å²) < 4.78 is 72.8. The van der Waals surface area contributed by atoms with Crippen molar-refractivity contribution in [2.75, 3.05) is 7.11 Å². The molecule has 1 aliphatic heterocycles. The Balaban J connectivity index is 1.48. The summed E-state index contributed by atoms with van der Waals surface area (Å²) in [4.78, 5) is 40.7. The van der Waals surface area contributed by atoms with Gasteiger partial charge < -0.3 is 23.7 Å². The normalized spacial score (nSPS) is 20.1. The highest BCUT2D eigenvalue weighted by Crippen LogP contribution is 2.39. The van der Waals surface area contributed by atoms with Crippen molar-refractivity contribution in [3.8, 4) is 17.1 Å². The van der Waals surface area contributed by atoms with Crippen LogP contribution in [-0.2, 0) is 25.5 Å². The molecule has 0 aliphatic carbocycles. The van der Waals surface area contributed by atoms with Crippen LogP contribution in [0.2, 0.25) is 0 Å². The zero-order valence-corrected chi connectivity index (χ0v) is 27.8. The minimum atomic E-state index is -4.76. The summed E-state index contributed by atoms with van der Waals surface area (Å²) in [5.41, 5.74) is 0.632. The number of esters is 3. The molecule has 1 aliphatic rings. The molecule has 6 rings (SSSR count). The molecule has 5 unspecified atom stereocenters.